The number of nitrogens with zero attached hydrogens (tertiary/aromatic N) is 1. The van der Waals surface area contributed by atoms with Crippen LogP contribution in [0, 0.1) is 0 Å². The predicted molar refractivity (Wildman–Crippen MR) is 83.0 cm³/mol. The predicted octanol–water partition coefficient (Wildman–Crippen LogP) is 3.26. The number of amides is 2. The third kappa shape index (κ3) is 5.21. The van der Waals surface area contributed by atoms with Crippen LogP contribution in [0.15, 0.2) is 24.3 Å². The Kier molecular flexibility index (Phi) is 7.09. The molecule has 1 aromatic rings. The molecule has 1 unspecified atom stereocenters. The van der Waals surface area contributed by atoms with E-state index >= 15 is 0 Å². The van der Waals surface area contributed by atoms with E-state index in [2.05, 4.69) is 24.4 Å². The zero-order valence-corrected chi connectivity index (χ0v) is 12.7. The molecule has 1 aromatic carbocycles. The molecule has 4 nitrogen and oxygen atoms in total. The van der Waals surface area contributed by atoms with Gasteiger partial charge in [0.1, 0.15) is 0 Å². The van der Waals surface area contributed by atoms with Gasteiger partial charge in [0, 0.05) is 12.7 Å². The SMILES string of the molecule is CCCCCc1ccc(NC(=O)N(C)C(C)CO)cc1. The maximum absolute atomic E-state index is 11.9. The molecule has 0 saturated carbocycles. The lowest BCUT2D eigenvalue weighted by atomic mass is 10.1. The number of aliphatic hydroxyl groups excluding tert-OH is 1. The van der Waals surface area contributed by atoms with Gasteiger partial charge in [0.25, 0.3) is 0 Å². The minimum Gasteiger partial charge on any atom is -0.394 e. The second-order valence-corrected chi connectivity index (χ2v) is 5.23. The summed E-state index contributed by atoms with van der Waals surface area (Å²) in [7, 11) is 1.68. The van der Waals surface area contributed by atoms with Gasteiger partial charge in [-0.3, -0.25) is 0 Å². The van der Waals surface area contributed by atoms with Crippen molar-refractivity contribution < 1.29 is 9.90 Å². The zero-order chi connectivity index (χ0) is 15.0. The molecule has 0 bridgehead atoms. The minimum absolute atomic E-state index is 0.0414. The minimum atomic E-state index is -0.203. The van der Waals surface area contributed by atoms with Gasteiger partial charge in [0.15, 0.2) is 0 Å². The van der Waals surface area contributed by atoms with E-state index in [9.17, 15) is 4.79 Å². The topological polar surface area (TPSA) is 52.6 Å². The van der Waals surface area contributed by atoms with Crippen LogP contribution in [0.25, 0.3) is 0 Å². The van der Waals surface area contributed by atoms with Crippen LogP contribution in [0.1, 0.15) is 38.7 Å². The third-order valence-electron chi connectivity index (χ3n) is 3.52. The van der Waals surface area contributed by atoms with Crippen molar-refractivity contribution in [1.82, 2.24) is 4.90 Å². The molecule has 1 rings (SSSR count). The van der Waals surface area contributed by atoms with E-state index in [1.165, 1.54) is 29.7 Å². The molecule has 0 radical (unpaired) electrons. The fraction of sp³-hybridized carbons (Fsp3) is 0.562. The number of aryl methyl sites for hydroxylation is 1. The summed E-state index contributed by atoms with van der Waals surface area (Å²) in [5.74, 6) is 0. The molecule has 2 amide bonds. The highest BCUT2D eigenvalue weighted by atomic mass is 16.3. The number of aliphatic hydroxyl groups is 1. The summed E-state index contributed by atoms with van der Waals surface area (Å²) in [6.07, 6.45) is 4.77. The molecule has 1 atom stereocenters. The Bertz CT molecular complexity index is 403. The van der Waals surface area contributed by atoms with Crippen LogP contribution in [-0.4, -0.2) is 35.7 Å². The first kappa shape index (κ1) is 16.5. The number of likely N-dealkylation sites (N-methyl/N-ethyl adjacent to an activating group) is 1. The number of benzene rings is 1. The van der Waals surface area contributed by atoms with Crippen molar-refractivity contribution >= 4 is 11.7 Å². The summed E-state index contributed by atoms with van der Waals surface area (Å²) in [6, 6.07) is 7.57. The number of carbonyl (C=O) groups excluding carboxylic acids is 1. The first-order valence-electron chi connectivity index (χ1n) is 7.32. The molecular formula is C16H26N2O2. The van der Waals surface area contributed by atoms with Gasteiger partial charge in [-0.2, -0.15) is 0 Å². The number of urea groups is 1. The number of hydrogen-bond acceptors (Lipinski definition) is 2. The van der Waals surface area contributed by atoms with E-state index < -0.39 is 0 Å². The van der Waals surface area contributed by atoms with Gasteiger partial charge in [-0.25, -0.2) is 4.79 Å². The molecule has 0 aromatic heterocycles. The van der Waals surface area contributed by atoms with E-state index in [0.29, 0.717) is 0 Å². The third-order valence-corrected chi connectivity index (χ3v) is 3.52. The van der Waals surface area contributed by atoms with E-state index in [4.69, 9.17) is 5.11 Å². The Morgan fingerprint density at radius 2 is 1.95 bits per heavy atom. The fourth-order valence-corrected chi connectivity index (χ4v) is 1.87. The van der Waals surface area contributed by atoms with Crippen molar-refractivity contribution in [3.05, 3.63) is 29.8 Å². The number of nitrogens with one attached hydrogen (secondary N) is 1. The monoisotopic (exact) mass is 278 g/mol. The Morgan fingerprint density at radius 3 is 2.50 bits per heavy atom. The highest BCUT2D eigenvalue weighted by molar-refractivity contribution is 5.89. The van der Waals surface area contributed by atoms with Crippen LogP contribution in [0.4, 0.5) is 10.5 Å². The maximum atomic E-state index is 11.9. The smallest absolute Gasteiger partial charge is 0.321 e. The van der Waals surface area contributed by atoms with Gasteiger partial charge in [0.05, 0.1) is 12.6 Å². The number of unbranched alkanes of at least 4 members (excludes halogenated alkanes) is 2. The highest BCUT2D eigenvalue weighted by Crippen LogP contribution is 2.13. The molecule has 0 spiro atoms. The van der Waals surface area contributed by atoms with Crippen molar-refractivity contribution in [2.75, 3.05) is 19.0 Å². The van der Waals surface area contributed by atoms with Crippen molar-refractivity contribution in [2.45, 2.75) is 45.6 Å². The van der Waals surface area contributed by atoms with Crippen LogP contribution in [0.3, 0.4) is 0 Å². The van der Waals surface area contributed by atoms with Crippen LogP contribution in [-0.2, 0) is 6.42 Å². The van der Waals surface area contributed by atoms with Gasteiger partial charge < -0.3 is 15.3 Å². The maximum Gasteiger partial charge on any atom is 0.321 e. The van der Waals surface area contributed by atoms with Crippen LogP contribution in [0.5, 0.6) is 0 Å². The summed E-state index contributed by atoms with van der Waals surface area (Å²) in [4.78, 5) is 13.4. The van der Waals surface area contributed by atoms with Crippen molar-refractivity contribution in [1.29, 1.82) is 0 Å². The average Bonchev–Trinajstić information content (AvgIpc) is 2.47. The highest BCUT2D eigenvalue weighted by Gasteiger charge is 2.14. The standard InChI is InChI=1S/C16H26N2O2/c1-4-5-6-7-14-8-10-15(11-9-14)17-16(20)18(3)13(2)12-19/h8-11,13,19H,4-7,12H2,1-3H3,(H,17,20). The summed E-state index contributed by atoms with van der Waals surface area (Å²) < 4.78 is 0. The van der Waals surface area contributed by atoms with Crippen molar-refractivity contribution in [3.8, 4) is 0 Å². The summed E-state index contributed by atoms with van der Waals surface area (Å²) in [6.45, 7) is 3.96. The lowest BCUT2D eigenvalue weighted by Crippen LogP contribution is -2.40. The molecular weight excluding hydrogens is 252 g/mol. The summed E-state index contributed by atoms with van der Waals surface area (Å²) in [5, 5.41) is 11.9. The molecule has 0 fully saturated rings. The van der Waals surface area contributed by atoms with E-state index in [1.54, 1.807) is 14.0 Å². The molecule has 0 saturated heterocycles. The van der Waals surface area contributed by atoms with Gasteiger partial charge in [-0.15, -0.1) is 0 Å². The number of carbonyl (C=O) groups is 1. The average molecular weight is 278 g/mol. The molecule has 20 heavy (non-hydrogen) atoms. The second kappa shape index (κ2) is 8.59. The Morgan fingerprint density at radius 1 is 1.30 bits per heavy atom. The largest absolute Gasteiger partial charge is 0.394 e. The Hall–Kier alpha value is -1.55. The van der Waals surface area contributed by atoms with Crippen molar-refractivity contribution in [3.63, 3.8) is 0 Å². The van der Waals surface area contributed by atoms with Crippen molar-refractivity contribution in [2.24, 2.45) is 0 Å². The molecule has 4 heteroatoms. The summed E-state index contributed by atoms with van der Waals surface area (Å²) in [5.41, 5.74) is 2.08. The van der Waals surface area contributed by atoms with E-state index in [-0.39, 0.29) is 18.7 Å². The molecule has 0 aliphatic rings. The Labute approximate surface area is 121 Å². The van der Waals surface area contributed by atoms with E-state index in [1.807, 2.05) is 12.1 Å². The van der Waals surface area contributed by atoms with Crippen LogP contribution in [0.2, 0.25) is 0 Å². The van der Waals surface area contributed by atoms with Gasteiger partial charge >= 0.3 is 6.03 Å². The summed E-state index contributed by atoms with van der Waals surface area (Å²) >= 11 is 0. The van der Waals surface area contributed by atoms with Crippen LogP contribution < -0.4 is 5.32 Å². The zero-order valence-electron chi connectivity index (χ0n) is 12.7. The number of rotatable bonds is 7. The second-order valence-electron chi connectivity index (χ2n) is 5.23. The number of anilines is 1. The van der Waals surface area contributed by atoms with E-state index in [0.717, 1.165) is 12.1 Å². The fourth-order valence-electron chi connectivity index (χ4n) is 1.87. The van der Waals surface area contributed by atoms with Crippen LogP contribution >= 0.6 is 0 Å². The molecule has 2 N–H and O–H groups in total. The van der Waals surface area contributed by atoms with Gasteiger partial charge in [0.2, 0.25) is 0 Å². The lowest BCUT2D eigenvalue weighted by Gasteiger charge is -2.23. The first-order chi connectivity index (χ1) is 9.58. The number of hydrogen-bond donors (Lipinski definition) is 2. The first-order valence-corrected chi connectivity index (χ1v) is 7.32. The normalized spacial score (nSPS) is 12.0. The molecule has 0 aliphatic heterocycles. The molecule has 0 aliphatic carbocycles. The molecule has 0 heterocycles. The van der Waals surface area contributed by atoms with Gasteiger partial charge in [-0.1, -0.05) is 31.9 Å². The molecule has 112 valence electrons. The Balaban J connectivity index is 2.50. The van der Waals surface area contributed by atoms with Gasteiger partial charge in [-0.05, 0) is 37.5 Å². The lowest BCUT2D eigenvalue weighted by molar-refractivity contribution is 0.166. The quantitative estimate of drug-likeness (QED) is 0.752.